The van der Waals surface area contributed by atoms with E-state index in [2.05, 4.69) is 29.1 Å². The van der Waals surface area contributed by atoms with Gasteiger partial charge in [-0.05, 0) is 49.2 Å². The number of alkyl halides is 1. The zero-order chi connectivity index (χ0) is 30.9. The molecule has 10 heteroatoms. The van der Waals surface area contributed by atoms with Gasteiger partial charge in [-0.2, -0.15) is 0 Å². The van der Waals surface area contributed by atoms with E-state index in [1.54, 1.807) is 53.3 Å². The van der Waals surface area contributed by atoms with Gasteiger partial charge < -0.3 is 29.3 Å². The summed E-state index contributed by atoms with van der Waals surface area (Å²) in [5, 5.41) is 10.4. The summed E-state index contributed by atoms with van der Waals surface area (Å²) in [4.78, 5) is 48.0. The molecule has 2 aromatic rings. The Bertz CT molecular complexity index is 1370. The molecule has 3 amide bonds. The predicted molar refractivity (Wildman–Crippen MR) is 168 cm³/mol. The lowest BCUT2D eigenvalue weighted by Crippen LogP contribution is -2.59. The molecule has 7 atom stereocenters. The van der Waals surface area contributed by atoms with Gasteiger partial charge in [-0.3, -0.25) is 14.4 Å². The Labute approximate surface area is 260 Å². The SMILES string of the molecule is C=CCN(C(=O)C1N([C@@H](CC)CO)C(=O)[C@@H]2[C@H](C(=O)N(CC=C)c3ccccc3)[C@H]3OC12CC3Br)c1ccc(OC)cc1. The summed E-state index contributed by atoms with van der Waals surface area (Å²) in [6.07, 6.45) is 3.45. The van der Waals surface area contributed by atoms with Crippen LogP contribution in [0.15, 0.2) is 79.9 Å². The Balaban J connectivity index is 1.61. The molecular formula is C33H38BrN3O6. The molecule has 2 aromatic carbocycles. The topological polar surface area (TPSA) is 99.6 Å². The molecule has 3 saturated heterocycles. The van der Waals surface area contributed by atoms with Crippen molar-refractivity contribution in [3.05, 3.63) is 79.9 Å². The maximum absolute atomic E-state index is 14.7. The van der Waals surface area contributed by atoms with Crippen LogP contribution in [-0.4, -0.2) is 83.2 Å². The van der Waals surface area contributed by atoms with Crippen molar-refractivity contribution >= 4 is 45.0 Å². The number of aliphatic hydroxyl groups is 1. The van der Waals surface area contributed by atoms with Crippen molar-refractivity contribution in [1.82, 2.24) is 4.90 Å². The van der Waals surface area contributed by atoms with Crippen molar-refractivity contribution in [2.24, 2.45) is 11.8 Å². The van der Waals surface area contributed by atoms with Crippen LogP contribution in [0.2, 0.25) is 0 Å². The molecule has 3 unspecified atom stereocenters. The molecule has 3 fully saturated rings. The fraction of sp³-hybridized carbons (Fsp3) is 0.424. The molecular weight excluding hydrogens is 614 g/mol. The summed E-state index contributed by atoms with van der Waals surface area (Å²) < 4.78 is 12.0. The summed E-state index contributed by atoms with van der Waals surface area (Å²) in [7, 11) is 1.57. The lowest BCUT2D eigenvalue weighted by molar-refractivity contribution is -0.144. The number of para-hydroxylation sites is 1. The third-order valence-corrected chi connectivity index (χ3v) is 9.77. The number of halogens is 1. The third kappa shape index (κ3) is 5.09. The molecule has 9 nitrogen and oxygen atoms in total. The highest BCUT2D eigenvalue weighted by molar-refractivity contribution is 9.09. The van der Waals surface area contributed by atoms with Gasteiger partial charge in [0.1, 0.15) is 17.4 Å². The number of likely N-dealkylation sites (tertiary alicyclic amines) is 1. The lowest BCUT2D eigenvalue weighted by atomic mass is 9.70. The van der Waals surface area contributed by atoms with E-state index in [-0.39, 0.29) is 42.2 Å². The first kappa shape index (κ1) is 31.0. The molecule has 5 rings (SSSR count). The molecule has 0 radical (unpaired) electrons. The van der Waals surface area contributed by atoms with Crippen LogP contribution in [0.25, 0.3) is 0 Å². The Morgan fingerprint density at radius 2 is 1.70 bits per heavy atom. The zero-order valence-corrected chi connectivity index (χ0v) is 26.1. The van der Waals surface area contributed by atoms with E-state index in [1.165, 1.54) is 4.90 Å². The van der Waals surface area contributed by atoms with E-state index in [1.807, 2.05) is 37.3 Å². The maximum atomic E-state index is 14.7. The fourth-order valence-corrected chi connectivity index (χ4v) is 7.98. The number of benzene rings is 2. The van der Waals surface area contributed by atoms with E-state index >= 15 is 0 Å². The largest absolute Gasteiger partial charge is 0.497 e. The summed E-state index contributed by atoms with van der Waals surface area (Å²) in [5.74, 6) is -2.06. The van der Waals surface area contributed by atoms with Crippen molar-refractivity contribution in [3.63, 3.8) is 0 Å². The Kier molecular flexibility index (Phi) is 9.10. The first-order valence-corrected chi connectivity index (χ1v) is 15.5. The van der Waals surface area contributed by atoms with Gasteiger partial charge in [0.05, 0.1) is 37.7 Å². The molecule has 3 aliphatic heterocycles. The molecule has 0 aromatic heterocycles. The quantitative estimate of drug-likeness (QED) is 0.276. The van der Waals surface area contributed by atoms with Crippen LogP contribution >= 0.6 is 15.9 Å². The van der Waals surface area contributed by atoms with Gasteiger partial charge in [0.25, 0.3) is 5.91 Å². The molecule has 0 saturated carbocycles. The van der Waals surface area contributed by atoms with Crippen molar-refractivity contribution < 1.29 is 29.0 Å². The van der Waals surface area contributed by atoms with Crippen molar-refractivity contribution in [2.45, 2.75) is 48.4 Å². The van der Waals surface area contributed by atoms with E-state index < -0.39 is 35.6 Å². The molecule has 1 N–H and O–H groups in total. The monoisotopic (exact) mass is 651 g/mol. The van der Waals surface area contributed by atoms with E-state index in [4.69, 9.17) is 9.47 Å². The second kappa shape index (κ2) is 12.6. The van der Waals surface area contributed by atoms with E-state index in [0.717, 1.165) is 0 Å². The summed E-state index contributed by atoms with van der Waals surface area (Å²) in [6.45, 7) is 9.67. The van der Waals surface area contributed by atoms with Gasteiger partial charge in [0.2, 0.25) is 11.8 Å². The minimum atomic E-state index is -1.27. The average molecular weight is 653 g/mol. The summed E-state index contributed by atoms with van der Waals surface area (Å²) in [6, 6.07) is 14.6. The van der Waals surface area contributed by atoms with Gasteiger partial charge in [0, 0.05) is 29.3 Å². The van der Waals surface area contributed by atoms with Crippen LogP contribution in [-0.2, 0) is 19.1 Å². The molecule has 3 heterocycles. The minimum absolute atomic E-state index is 0.186. The van der Waals surface area contributed by atoms with Crippen molar-refractivity contribution in [2.75, 3.05) is 36.6 Å². The summed E-state index contributed by atoms with van der Waals surface area (Å²) in [5.41, 5.74) is 0.0220. The first-order chi connectivity index (χ1) is 20.8. The Hall–Kier alpha value is -3.47. The lowest BCUT2D eigenvalue weighted by Gasteiger charge is -2.39. The van der Waals surface area contributed by atoms with E-state index in [0.29, 0.717) is 30.0 Å². The highest BCUT2D eigenvalue weighted by Gasteiger charge is 2.77. The van der Waals surface area contributed by atoms with Crippen molar-refractivity contribution in [1.29, 1.82) is 0 Å². The van der Waals surface area contributed by atoms with Crippen LogP contribution in [0, 0.1) is 11.8 Å². The number of nitrogens with zero attached hydrogens (tertiary/aromatic N) is 3. The first-order valence-electron chi connectivity index (χ1n) is 14.6. The number of hydrogen-bond acceptors (Lipinski definition) is 6. The number of ether oxygens (including phenoxy) is 2. The van der Waals surface area contributed by atoms with Crippen LogP contribution in [0.1, 0.15) is 19.8 Å². The molecule has 3 aliphatic rings. The van der Waals surface area contributed by atoms with Crippen LogP contribution in [0.4, 0.5) is 11.4 Å². The number of carbonyl (C=O) groups excluding carboxylic acids is 3. The van der Waals surface area contributed by atoms with Gasteiger partial charge in [-0.1, -0.05) is 53.2 Å². The average Bonchev–Trinajstić information content (AvgIpc) is 3.62. The number of anilines is 2. The number of amides is 3. The number of fused-ring (bicyclic) bond motifs is 1. The van der Waals surface area contributed by atoms with Gasteiger partial charge in [-0.15, -0.1) is 13.2 Å². The Morgan fingerprint density at radius 1 is 1.09 bits per heavy atom. The van der Waals surface area contributed by atoms with Crippen molar-refractivity contribution in [3.8, 4) is 5.75 Å². The molecule has 2 bridgehead atoms. The standard InChI is InChI=1S/C33H38BrN3O6/c1-5-17-35(22-11-9-8-10-12-22)30(39)26-27-31(40)37(21(7-3)20-38)29(33(27)19-25(34)28(26)43-33)32(41)36(18-6-2)23-13-15-24(42-4)16-14-23/h5-6,8-16,21,25-29,38H,1-2,7,17-20H2,3-4H3/t21-,25?,26-,27-,28-,29?,33?/m0/s1. The number of carbonyl (C=O) groups is 3. The maximum Gasteiger partial charge on any atom is 0.253 e. The Morgan fingerprint density at radius 3 is 2.26 bits per heavy atom. The second-order valence-electron chi connectivity index (χ2n) is 11.2. The third-order valence-electron chi connectivity index (χ3n) is 8.93. The number of aliphatic hydroxyl groups excluding tert-OH is 1. The number of hydrogen-bond donors (Lipinski definition) is 1. The summed E-state index contributed by atoms with van der Waals surface area (Å²) >= 11 is 3.75. The van der Waals surface area contributed by atoms with Gasteiger partial charge in [0.15, 0.2) is 0 Å². The number of methoxy groups -OCH3 is 1. The minimum Gasteiger partial charge on any atom is -0.497 e. The fourth-order valence-electron chi connectivity index (χ4n) is 7.04. The predicted octanol–water partition coefficient (Wildman–Crippen LogP) is 3.95. The van der Waals surface area contributed by atoms with Gasteiger partial charge >= 0.3 is 0 Å². The normalized spacial score (nSPS) is 27.9. The van der Waals surface area contributed by atoms with Crippen LogP contribution < -0.4 is 14.5 Å². The molecule has 1 spiro atoms. The molecule has 43 heavy (non-hydrogen) atoms. The highest BCUT2D eigenvalue weighted by Crippen LogP contribution is 2.61. The van der Waals surface area contributed by atoms with Crippen LogP contribution in [0.5, 0.6) is 5.75 Å². The zero-order valence-electron chi connectivity index (χ0n) is 24.5. The highest BCUT2D eigenvalue weighted by atomic mass is 79.9. The van der Waals surface area contributed by atoms with Crippen LogP contribution in [0.3, 0.4) is 0 Å². The van der Waals surface area contributed by atoms with Gasteiger partial charge in [-0.25, -0.2) is 0 Å². The second-order valence-corrected chi connectivity index (χ2v) is 12.3. The molecule has 228 valence electrons. The number of rotatable bonds is 12. The molecule has 0 aliphatic carbocycles. The smallest absolute Gasteiger partial charge is 0.253 e. The van der Waals surface area contributed by atoms with E-state index in [9.17, 15) is 19.5 Å².